The molecule has 144 valence electrons. The molecule has 1 amide bonds. The highest BCUT2D eigenvalue weighted by molar-refractivity contribution is 7.88. The molecule has 1 N–H and O–H groups in total. The van der Waals surface area contributed by atoms with Gasteiger partial charge in [0.1, 0.15) is 0 Å². The maximum absolute atomic E-state index is 12.7. The van der Waals surface area contributed by atoms with E-state index in [9.17, 15) is 13.2 Å². The van der Waals surface area contributed by atoms with Crippen molar-refractivity contribution in [3.8, 4) is 0 Å². The topological polar surface area (TPSA) is 75.7 Å². The van der Waals surface area contributed by atoms with Crippen LogP contribution in [0.5, 0.6) is 0 Å². The molecule has 0 bridgehead atoms. The van der Waals surface area contributed by atoms with E-state index in [1.165, 1.54) is 19.1 Å². The minimum atomic E-state index is -3.30. The van der Waals surface area contributed by atoms with Crippen molar-refractivity contribution in [3.05, 3.63) is 0 Å². The van der Waals surface area contributed by atoms with Crippen LogP contribution in [0, 0.1) is 11.8 Å². The third kappa shape index (κ3) is 5.41. The van der Waals surface area contributed by atoms with Gasteiger partial charge in [0.15, 0.2) is 0 Å². The van der Waals surface area contributed by atoms with Gasteiger partial charge in [0.25, 0.3) is 0 Å². The molecular formula is C18H32N2O4S. The molecule has 1 saturated heterocycles. The highest BCUT2D eigenvalue weighted by Gasteiger charge is 2.41. The molecule has 0 aromatic carbocycles. The molecule has 3 fully saturated rings. The van der Waals surface area contributed by atoms with Crippen molar-refractivity contribution < 1.29 is 17.9 Å². The smallest absolute Gasteiger partial charge is 0.226 e. The van der Waals surface area contributed by atoms with Crippen LogP contribution >= 0.6 is 0 Å². The maximum Gasteiger partial charge on any atom is 0.226 e. The first-order valence-corrected chi connectivity index (χ1v) is 11.6. The molecule has 0 aromatic heterocycles. The second kappa shape index (κ2) is 7.92. The summed E-state index contributed by atoms with van der Waals surface area (Å²) in [5.74, 6) is 1.10. The van der Waals surface area contributed by atoms with E-state index in [4.69, 9.17) is 4.74 Å². The Bertz CT molecular complexity index is 568. The van der Waals surface area contributed by atoms with E-state index in [2.05, 4.69) is 11.6 Å². The van der Waals surface area contributed by atoms with Crippen LogP contribution < -0.4 is 4.72 Å². The lowest BCUT2D eigenvalue weighted by molar-refractivity contribution is -0.140. The molecule has 7 heteroatoms. The van der Waals surface area contributed by atoms with Gasteiger partial charge in [-0.25, -0.2) is 13.1 Å². The van der Waals surface area contributed by atoms with E-state index < -0.39 is 10.0 Å². The number of ether oxygens (including phenoxy) is 1. The van der Waals surface area contributed by atoms with Crippen LogP contribution in [0.15, 0.2) is 0 Å². The normalized spacial score (nSPS) is 34.1. The molecule has 6 nitrogen and oxygen atoms in total. The van der Waals surface area contributed by atoms with Gasteiger partial charge in [-0.3, -0.25) is 4.79 Å². The summed E-state index contributed by atoms with van der Waals surface area (Å²) in [4.78, 5) is 14.6. The number of carbonyl (C=O) groups excluding carboxylic acids is 1. The number of sulfonamides is 1. The molecule has 1 heterocycles. The Labute approximate surface area is 151 Å². The van der Waals surface area contributed by atoms with Gasteiger partial charge >= 0.3 is 0 Å². The van der Waals surface area contributed by atoms with Crippen molar-refractivity contribution in [2.45, 2.75) is 76.5 Å². The Hall–Kier alpha value is -0.660. The average Bonchev–Trinajstić information content (AvgIpc) is 3.38. The van der Waals surface area contributed by atoms with Gasteiger partial charge in [-0.05, 0) is 57.3 Å². The average molecular weight is 373 g/mol. The summed E-state index contributed by atoms with van der Waals surface area (Å²) in [5.41, 5.74) is 0. The third-order valence-electron chi connectivity index (χ3n) is 5.82. The molecule has 0 radical (unpaired) electrons. The van der Waals surface area contributed by atoms with E-state index in [0.29, 0.717) is 13.2 Å². The summed E-state index contributed by atoms with van der Waals surface area (Å²) in [6, 6.07) is -0.426. The molecule has 3 rings (SSSR count). The Morgan fingerprint density at radius 3 is 2.40 bits per heavy atom. The van der Waals surface area contributed by atoms with Crippen LogP contribution in [0.25, 0.3) is 0 Å². The van der Waals surface area contributed by atoms with E-state index in [0.717, 1.165) is 44.4 Å². The van der Waals surface area contributed by atoms with E-state index >= 15 is 0 Å². The lowest BCUT2D eigenvalue weighted by Gasteiger charge is -2.42. The molecule has 3 aliphatic rings. The second-order valence-corrected chi connectivity index (χ2v) is 10.0. The van der Waals surface area contributed by atoms with Crippen molar-refractivity contribution >= 4 is 15.9 Å². The van der Waals surface area contributed by atoms with Crippen LogP contribution in [0.4, 0.5) is 0 Å². The zero-order valence-electron chi connectivity index (χ0n) is 15.4. The molecule has 2 atom stereocenters. The number of hydrogen-bond acceptors (Lipinski definition) is 4. The molecule has 2 saturated carbocycles. The molecular weight excluding hydrogens is 340 g/mol. The van der Waals surface area contributed by atoms with E-state index in [1.807, 2.05) is 4.90 Å². The summed E-state index contributed by atoms with van der Waals surface area (Å²) < 4.78 is 32.4. The van der Waals surface area contributed by atoms with Gasteiger partial charge in [-0.15, -0.1) is 0 Å². The summed E-state index contributed by atoms with van der Waals surface area (Å²) in [6.45, 7) is 3.43. The van der Waals surface area contributed by atoms with Crippen LogP contribution in [-0.4, -0.2) is 56.8 Å². The lowest BCUT2D eigenvalue weighted by atomic mass is 9.89. The zero-order chi connectivity index (χ0) is 18.0. The minimum Gasteiger partial charge on any atom is -0.376 e. The van der Waals surface area contributed by atoms with Gasteiger partial charge in [0.2, 0.25) is 15.9 Å². The largest absolute Gasteiger partial charge is 0.376 e. The number of piperidine rings is 1. The number of amides is 1. The number of nitrogens with one attached hydrogen (secondary N) is 1. The van der Waals surface area contributed by atoms with Crippen LogP contribution in [0.1, 0.15) is 58.3 Å². The van der Waals surface area contributed by atoms with Gasteiger partial charge in [-0.1, -0.05) is 6.92 Å². The quantitative estimate of drug-likeness (QED) is 0.773. The summed E-state index contributed by atoms with van der Waals surface area (Å²) in [7, 11) is -3.30. The summed E-state index contributed by atoms with van der Waals surface area (Å²) in [6.07, 6.45) is 9.46. The molecule has 1 aliphatic heterocycles. The Kier molecular flexibility index (Phi) is 6.06. The molecule has 25 heavy (non-hydrogen) atoms. The first kappa shape index (κ1) is 19.1. The van der Waals surface area contributed by atoms with Crippen LogP contribution in [0.3, 0.4) is 0 Å². The van der Waals surface area contributed by atoms with Crippen molar-refractivity contribution in [1.29, 1.82) is 0 Å². The predicted molar refractivity (Wildman–Crippen MR) is 96.6 cm³/mol. The first-order valence-electron chi connectivity index (χ1n) is 9.73. The molecule has 0 aromatic rings. The summed E-state index contributed by atoms with van der Waals surface area (Å²) >= 11 is 0. The fourth-order valence-electron chi connectivity index (χ4n) is 4.14. The molecule has 0 unspecified atom stereocenters. The number of carbonyl (C=O) groups is 1. The van der Waals surface area contributed by atoms with E-state index in [1.54, 1.807) is 0 Å². The van der Waals surface area contributed by atoms with Gasteiger partial charge in [-0.2, -0.15) is 0 Å². The van der Waals surface area contributed by atoms with Gasteiger partial charge < -0.3 is 9.64 Å². The second-order valence-electron chi connectivity index (χ2n) is 8.23. The highest BCUT2D eigenvalue weighted by atomic mass is 32.2. The fraction of sp³-hybridized carbons (Fsp3) is 0.944. The van der Waals surface area contributed by atoms with Crippen molar-refractivity contribution in [1.82, 2.24) is 9.62 Å². The monoisotopic (exact) mass is 372 g/mol. The van der Waals surface area contributed by atoms with E-state index in [-0.39, 0.29) is 30.0 Å². The van der Waals surface area contributed by atoms with Crippen LogP contribution in [0.2, 0.25) is 0 Å². The molecule has 0 spiro atoms. The SMILES string of the molecule is CC1CCC(OC[C@H]2[C@@H](NS(C)(=O)=O)CCCN2C(=O)C2CC2)CC1. The Morgan fingerprint density at radius 2 is 1.80 bits per heavy atom. The third-order valence-corrected chi connectivity index (χ3v) is 6.55. The summed E-state index contributed by atoms with van der Waals surface area (Å²) in [5, 5.41) is 0. The maximum atomic E-state index is 12.7. The number of nitrogens with zero attached hydrogens (tertiary/aromatic N) is 1. The minimum absolute atomic E-state index is 0.148. The molecule has 2 aliphatic carbocycles. The first-order chi connectivity index (χ1) is 11.8. The standard InChI is InChI=1S/C18H32N2O4S/c1-13-5-9-15(10-6-13)24-12-17-16(19-25(2,22)23)4-3-11-20(17)18(21)14-7-8-14/h13-17,19H,3-12H2,1-2H3/t13?,15?,16-,17-/m0/s1. The number of hydrogen-bond donors (Lipinski definition) is 1. The van der Waals surface area contributed by atoms with Crippen molar-refractivity contribution in [2.75, 3.05) is 19.4 Å². The Morgan fingerprint density at radius 1 is 1.12 bits per heavy atom. The highest BCUT2D eigenvalue weighted by Crippen LogP contribution is 2.34. The fourth-order valence-corrected chi connectivity index (χ4v) is 4.97. The van der Waals surface area contributed by atoms with Gasteiger partial charge in [0, 0.05) is 18.5 Å². The number of rotatable bonds is 6. The predicted octanol–water partition coefficient (Wildman–Crippen LogP) is 1.90. The number of likely N-dealkylation sites (tertiary alicyclic amines) is 1. The lowest BCUT2D eigenvalue weighted by Crippen LogP contribution is -2.59. The van der Waals surface area contributed by atoms with Crippen molar-refractivity contribution in [3.63, 3.8) is 0 Å². The van der Waals surface area contributed by atoms with Crippen molar-refractivity contribution in [2.24, 2.45) is 11.8 Å². The Balaban J connectivity index is 1.65. The zero-order valence-corrected chi connectivity index (χ0v) is 16.3. The van der Waals surface area contributed by atoms with Crippen LogP contribution in [-0.2, 0) is 19.6 Å². The van der Waals surface area contributed by atoms with Gasteiger partial charge in [0.05, 0.1) is 25.0 Å².